The topological polar surface area (TPSA) is 38.0 Å². The van der Waals surface area contributed by atoms with E-state index in [1.165, 1.54) is 12.1 Å². The van der Waals surface area contributed by atoms with Gasteiger partial charge >= 0.3 is 0 Å². The van der Waals surface area contributed by atoms with Crippen LogP contribution in [0, 0.1) is 11.7 Å². The third-order valence-electron chi connectivity index (χ3n) is 3.30. The zero-order valence-electron chi connectivity index (χ0n) is 9.35. The molecule has 1 saturated heterocycles. The Morgan fingerprint density at radius 1 is 1.29 bits per heavy atom. The number of nitrogens with two attached hydrogens (primary N) is 1. The lowest BCUT2D eigenvalue weighted by molar-refractivity contribution is 0.317. The summed E-state index contributed by atoms with van der Waals surface area (Å²) in [4.78, 5) is 0. The van der Waals surface area contributed by atoms with Gasteiger partial charge in [-0.1, -0.05) is 23.2 Å². The van der Waals surface area contributed by atoms with Gasteiger partial charge < -0.3 is 11.1 Å². The molecule has 0 saturated carbocycles. The van der Waals surface area contributed by atoms with Gasteiger partial charge in [0.25, 0.3) is 0 Å². The number of hydrogen-bond acceptors (Lipinski definition) is 2. The van der Waals surface area contributed by atoms with Crippen LogP contribution in [0.3, 0.4) is 0 Å². The fourth-order valence-electron chi connectivity index (χ4n) is 2.29. The first-order valence-electron chi connectivity index (χ1n) is 5.71. The van der Waals surface area contributed by atoms with Gasteiger partial charge in [-0.2, -0.15) is 0 Å². The number of benzene rings is 1. The van der Waals surface area contributed by atoms with Gasteiger partial charge in [0.15, 0.2) is 0 Å². The van der Waals surface area contributed by atoms with Crippen LogP contribution < -0.4 is 11.1 Å². The minimum atomic E-state index is -0.386. The van der Waals surface area contributed by atoms with Crippen molar-refractivity contribution in [2.45, 2.75) is 18.9 Å². The van der Waals surface area contributed by atoms with E-state index in [1.807, 2.05) is 0 Å². The number of piperidine rings is 1. The van der Waals surface area contributed by atoms with E-state index in [-0.39, 0.29) is 22.8 Å². The van der Waals surface area contributed by atoms with E-state index in [0.29, 0.717) is 10.6 Å². The second-order valence-corrected chi connectivity index (χ2v) is 5.16. The van der Waals surface area contributed by atoms with Crippen LogP contribution in [0.2, 0.25) is 10.0 Å². The second-order valence-electron chi connectivity index (χ2n) is 4.37. The Morgan fingerprint density at radius 2 is 1.94 bits per heavy atom. The van der Waals surface area contributed by atoms with Gasteiger partial charge in [0.1, 0.15) is 5.82 Å². The summed E-state index contributed by atoms with van der Waals surface area (Å²) in [5.74, 6) is -0.118. The minimum Gasteiger partial charge on any atom is -0.324 e. The van der Waals surface area contributed by atoms with Crippen molar-refractivity contribution in [3.63, 3.8) is 0 Å². The lowest BCUT2D eigenvalue weighted by atomic mass is 9.86. The summed E-state index contributed by atoms with van der Waals surface area (Å²) in [5.41, 5.74) is 6.48. The fraction of sp³-hybridized carbons (Fsp3) is 0.500. The van der Waals surface area contributed by atoms with E-state index in [9.17, 15) is 4.39 Å². The van der Waals surface area contributed by atoms with E-state index in [2.05, 4.69) is 5.32 Å². The summed E-state index contributed by atoms with van der Waals surface area (Å²) in [5, 5.41) is 3.86. The molecule has 0 bridgehead atoms. The van der Waals surface area contributed by atoms with Crippen molar-refractivity contribution in [3.8, 4) is 0 Å². The second kappa shape index (κ2) is 5.53. The third kappa shape index (κ3) is 2.74. The molecular weight excluding hydrogens is 262 g/mol. The van der Waals surface area contributed by atoms with Gasteiger partial charge in [-0.05, 0) is 44.0 Å². The number of nitrogens with one attached hydrogen (secondary N) is 1. The summed E-state index contributed by atoms with van der Waals surface area (Å²) in [6, 6.07) is 2.39. The lowest BCUT2D eigenvalue weighted by Gasteiger charge is -2.29. The van der Waals surface area contributed by atoms with Gasteiger partial charge in [0.05, 0.1) is 10.0 Å². The summed E-state index contributed by atoms with van der Waals surface area (Å²) < 4.78 is 13.8. The van der Waals surface area contributed by atoms with Crippen molar-refractivity contribution in [1.29, 1.82) is 0 Å². The molecule has 1 heterocycles. The van der Waals surface area contributed by atoms with Crippen LogP contribution in [0.1, 0.15) is 24.4 Å². The van der Waals surface area contributed by atoms with E-state index in [0.717, 1.165) is 25.9 Å². The Morgan fingerprint density at radius 3 is 2.59 bits per heavy atom. The van der Waals surface area contributed by atoms with Crippen LogP contribution in [-0.2, 0) is 0 Å². The standard InChI is InChI=1S/C12H15Cl2FN2/c13-8-1-2-9(15)10(11(8)14)12(16)7-3-5-17-6-4-7/h1-2,7,12,17H,3-6,16H2/t12-/m1/s1. The summed E-state index contributed by atoms with van der Waals surface area (Å²) >= 11 is 11.9. The van der Waals surface area contributed by atoms with Crippen molar-refractivity contribution >= 4 is 23.2 Å². The molecule has 1 aromatic carbocycles. The zero-order valence-corrected chi connectivity index (χ0v) is 10.9. The Bertz CT molecular complexity index is 406. The molecule has 0 radical (unpaired) electrons. The van der Waals surface area contributed by atoms with Crippen LogP contribution in [0.25, 0.3) is 0 Å². The van der Waals surface area contributed by atoms with Crippen molar-refractivity contribution in [2.75, 3.05) is 13.1 Å². The number of rotatable bonds is 2. The van der Waals surface area contributed by atoms with E-state index in [1.54, 1.807) is 0 Å². The van der Waals surface area contributed by atoms with Crippen LogP contribution in [-0.4, -0.2) is 13.1 Å². The SMILES string of the molecule is N[C@@H](c1c(F)ccc(Cl)c1Cl)C1CCNCC1. The maximum absolute atomic E-state index is 13.8. The first kappa shape index (κ1) is 13.1. The molecule has 1 aliphatic heterocycles. The quantitative estimate of drug-likeness (QED) is 0.815. The summed E-state index contributed by atoms with van der Waals surface area (Å²) in [6.45, 7) is 1.83. The van der Waals surface area contributed by atoms with Crippen molar-refractivity contribution in [3.05, 3.63) is 33.6 Å². The van der Waals surface area contributed by atoms with Gasteiger partial charge in [-0.25, -0.2) is 4.39 Å². The Kier molecular flexibility index (Phi) is 4.26. The molecule has 17 heavy (non-hydrogen) atoms. The predicted octanol–water partition coefficient (Wildman–Crippen LogP) is 3.13. The first-order chi connectivity index (χ1) is 8.11. The van der Waals surface area contributed by atoms with Crippen LogP contribution in [0.4, 0.5) is 4.39 Å². The van der Waals surface area contributed by atoms with Gasteiger partial charge in [0, 0.05) is 11.6 Å². The average Bonchev–Trinajstić information content (AvgIpc) is 2.35. The maximum Gasteiger partial charge on any atom is 0.129 e. The molecule has 0 unspecified atom stereocenters. The highest BCUT2D eigenvalue weighted by molar-refractivity contribution is 6.42. The molecule has 1 atom stereocenters. The van der Waals surface area contributed by atoms with Crippen LogP contribution in [0.15, 0.2) is 12.1 Å². The lowest BCUT2D eigenvalue weighted by Crippen LogP contribution is -2.34. The molecule has 1 fully saturated rings. The normalized spacial score (nSPS) is 19.3. The smallest absolute Gasteiger partial charge is 0.129 e. The minimum absolute atomic E-state index is 0.248. The number of hydrogen-bond donors (Lipinski definition) is 2. The largest absolute Gasteiger partial charge is 0.324 e. The third-order valence-corrected chi connectivity index (χ3v) is 4.12. The van der Waals surface area contributed by atoms with Gasteiger partial charge in [0.2, 0.25) is 0 Å². The van der Waals surface area contributed by atoms with Gasteiger partial charge in [-0.15, -0.1) is 0 Å². The molecule has 1 aromatic rings. The van der Waals surface area contributed by atoms with E-state index < -0.39 is 0 Å². The van der Waals surface area contributed by atoms with Crippen molar-refractivity contribution in [1.82, 2.24) is 5.32 Å². The highest BCUT2D eigenvalue weighted by Crippen LogP contribution is 2.36. The van der Waals surface area contributed by atoms with Crippen molar-refractivity contribution in [2.24, 2.45) is 11.7 Å². The molecule has 2 rings (SSSR count). The zero-order chi connectivity index (χ0) is 12.4. The predicted molar refractivity (Wildman–Crippen MR) is 68.9 cm³/mol. The Balaban J connectivity index is 2.29. The fourth-order valence-corrected chi connectivity index (χ4v) is 2.73. The van der Waals surface area contributed by atoms with E-state index >= 15 is 0 Å². The molecule has 0 aliphatic carbocycles. The van der Waals surface area contributed by atoms with Crippen molar-refractivity contribution < 1.29 is 4.39 Å². The highest BCUT2D eigenvalue weighted by Gasteiger charge is 2.26. The molecule has 0 spiro atoms. The maximum atomic E-state index is 13.8. The Hall–Kier alpha value is -0.350. The molecule has 1 aliphatic rings. The van der Waals surface area contributed by atoms with Gasteiger partial charge in [-0.3, -0.25) is 0 Å². The first-order valence-corrected chi connectivity index (χ1v) is 6.46. The molecule has 0 aromatic heterocycles. The highest BCUT2D eigenvalue weighted by atomic mass is 35.5. The summed E-state index contributed by atoms with van der Waals surface area (Å²) in [6.07, 6.45) is 1.87. The van der Waals surface area contributed by atoms with Crippen LogP contribution in [0.5, 0.6) is 0 Å². The van der Waals surface area contributed by atoms with Crippen LogP contribution >= 0.6 is 23.2 Å². The van der Waals surface area contributed by atoms with E-state index in [4.69, 9.17) is 28.9 Å². The number of halogens is 3. The molecule has 5 heteroatoms. The summed E-state index contributed by atoms with van der Waals surface area (Å²) in [7, 11) is 0. The molecule has 94 valence electrons. The average molecular weight is 277 g/mol. The Labute approximate surface area is 110 Å². The molecular formula is C12H15Cl2FN2. The molecule has 3 N–H and O–H groups in total. The molecule has 2 nitrogen and oxygen atoms in total. The molecule has 0 amide bonds. The monoisotopic (exact) mass is 276 g/mol.